The van der Waals surface area contributed by atoms with Crippen molar-refractivity contribution in [1.29, 1.82) is 0 Å². The number of rotatable bonds is 2. The first-order chi connectivity index (χ1) is 7.63. The number of halogens is 1. The molecule has 2 N–H and O–H groups in total. The minimum Gasteiger partial charge on any atom is -0.365 e. The number of aryl methyl sites for hydroxylation is 1. The Balaban J connectivity index is 2.45. The molecule has 0 aromatic heterocycles. The number of anilines is 1. The lowest BCUT2D eigenvalue weighted by atomic mass is 10.1. The molecule has 0 radical (unpaired) electrons. The van der Waals surface area contributed by atoms with Crippen LogP contribution in [0.1, 0.15) is 12.5 Å². The molecule has 0 aliphatic carbocycles. The summed E-state index contributed by atoms with van der Waals surface area (Å²) in [5.41, 5.74) is 8.06. The number of hydrogen-bond donors (Lipinski definition) is 1. The van der Waals surface area contributed by atoms with Crippen molar-refractivity contribution in [3.63, 3.8) is 0 Å². The first-order valence-electron chi connectivity index (χ1n) is 5.53. The Hall–Kier alpha value is -0.380. The number of hydrogen-bond acceptors (Lipinski definition) is 3. The standard InChI is InChI=1S/C12H17ClN2S/c1-8-5-10(13)12-11(6-8)16-7-9(2)15(12)4-3-14/h5-6,9H,3-4,7,14H2,1-2H3. The number of fused-ring (bicyclic) bond motifs is 1. The van der Waals surface area contributed by atoms with Gasteiger partial charge in [-0.3, -0.25) is 0 Å². The summed E-state index contributed by atoms with van der Waals surface area (Å²) in [6.07, 6.45) is 0. The quantitative estimate of drug-likeness (QED) is 0.882. The summed E-state index contributed by atoms with van der Waals surface area (Å²) in [5, 5.41) is 0.850. The van der Waals surface area contributed by atoms with Crippen LogP contribution in [-0.4, -0.2) is 24.9 Å². The van der Waals surface area contributed by atoms with Crippen LogP contribution >= 0.6 is 23.4 Å². The lowest BCUT2D eigenvalue weighted by Gasteiger charge is -2.37. The van der Waals surface area contributed by atoms with Gasteiger partial charge in [-0.05, 0) is 31.5 Å². The van der Waals surface area contributed by atoms with Crippen LogP contribution in [0, 0.1) is 6.92 Å². The molecule has 1 aromatic rings. The Morgan fingerprint density at radius 1 is 1.56 bits per heavy atom. The van der Waals surface area contributed by atoms with Crippen LogP contribution in [0.2, 0.25) is 5.02 Å². The number of thioether (sulfide) groups is 1. The molecule has 0 bridgehead atoms. The third-order valence-corrected chi connectivity index (χ3v) is 4.40. The lowest BCUT2D eigenvalue weighted by molar-refractivity contribution is 0.678. The Morgan fingerprint density at radius 2 is 2.31 bits per heavy atom. The maximum atomic E-state index is 6.35. The minimum atomic E-state index is 0.501. The van der Waals surface area contributed by atoms with Gasteiger partial charge in [0.2, 0.25) is 0 Å². The second-order valence-electron chi connectivity index (χ2n) is 4.24. The summed E-state index contributed by atoms with van der Waals surface area (Å²) in [6, 6.07) is 4.74. The third-order valence-electron chi connectivity index (χ3n) is 2.84. The molecule has 0 saturated carbocycles. The molecule has 1 aromatic carbocycles. The van der Waals surface area contributed by atoms with Gasteiger partial charge in [-0.25, -0.2) is 0 Å². The van der Waals surface area contributed by atoms with E-state index in [0.717, 1.165) is 17.3 Å². The van der Waals surface area contributed by atoms with Gasteiger partial charge in [0.05, 0.1) is 10.7 Å². The van der Waals surface area contributed by atoms with Crippen LogP contribution in [0.5, 0.6) is 0 Å². The minimum absolute atomic E-state index is 0.501. The molecule has 0 fully saturated rings. The Labute approximate surface area is 106 Å². The van der Waals surface area contributed by atoms with Gasteiger partial charge in [-0.1, -0.05) is 11.6 Å². The highest BCUT2D eigenvalue weighted by molar-refractivity contribution is 7.99. The average Bonchev–Trinajstić information content (AvgIpc) is 2.22. The fraction of sp³-hybridized carbons (Fsp3) is 0.500. The van der Waals surface area contributed by atoms with E-state index in [1.54, 1.807) is 0 Å². The van der Waals surface area contributed by atoms with Gasteiger partial charge >= 0.3 is 0 Å². The van der Waals surface area contributed by atoms with Crippen molar-refractivity contribution in [2.24, 2.45) is 5.73 Å². The molecule has 1 aliphatic heterocycles. The van der Waals surface area contributed by atoms with Gasteiger partial charge in [-0.2, -0.15) is 0 Å². The van der Waals surface area contributed by atoms with Crippen LogP contribution in [0.4, 0.5) is 5.69 Å². The van der Waals surface area contributed by atoms with E-state index in [9.17, 15) is 0 Å². The number of nitrogens with two attached hydrogens (primary N) is 1. The first kappa shape index (κ1) is 12.1. The van der Waals surface area contributed by atoms with E-state index >= 15 is 0 Å². The molecule has 0 amide bonds. The van der Waals surface area contributed by atoms with Crippen LogP contribution in [0.15, 0.2) is 17.0 Å². The SMILES string of the molecule is Cc1cc(Cl)c2c(c1)SCC(C)N2CCN. The second-order valence-corrected chi connectivity index (χ2v) is 5.70. The van der Waals surface area contributed by atoms with E-state index in [1.807, 2.05) is 17.8 Å². The number of nitrogens with zero attached hydrogens (tertiary/aromatic N) is 1. The molecule has 0 saturated heterocycles. The molecule has 0 spiro atoms. The summed E-state index contributed by atoms with van der Waals surface area (Å²) < 4.78 is 0. The van der Waals surface area contributed by atoms with Gasteiger partial charge in [0, 0.05) is 29.8 Å². The molecule has 88 valence electrons. The monoisotopic (exact) mass is 256 g/mol. The predicted octanol–water partition coefficient (Wildman–Crippen LogP) is 2.91. The van der Waals surface area contributed by atoms with Gasteiger partial charge < -0.3 is 10.6 Å². The highest BCUT2D eigenvalue weighted by atomic mass is 35.5. The fourth-order valence-corrected chi connectivity index (χ4v) is 3.76. The van der Waals surface area contributed by atoms with Crippen LogP contribution in [-0.2, 0) is 0 Å². The zero-order chi connectivity index (χ0) is 11.7. The molecule has 2 rings (SSSR count). The van der Waals surface area contributed by atoms with Gasteiger partial charge in [0.25, 0.3) is 0 Å². The zero-order valence-corrected chi connectivity index (χ0v) is 11.2. The van der Waals surface area contributed by atoms with E-state index in [0.29, 0.717) is 12.6 Å². The zero-order valence-electron chi connectivity index (χ0n) is 9.66. The summed E-state index contributed by atoms with van der Waals surface area (Å²) in [4.78, 5) is 3.62. The van der Waals surface area contributed by atoms with Gasteiger partial charge in [-0.15, -0.1) is 11.8 Å². The van der Waals surface area contributed by atoms with Gasteiger partial charge in [0.15, 0.2) is 0 Å². The van der Waals surface area contributed by atoms with Crippen molar-refractivity contribution in [2.75, 3.05) is 23.7 Å². The van der Waals surface area contributed by atoms with Crippen molar-refractivity contribution in [3.05, 3.63) is 22.7 Å². The molecule has 1 atom stereocenters. The van der Waals surface area contributed by atoms with E-state index in [2.05, 4.69) is 24.8 Å². The average molecular weight is 257 g/mol. The van der Waals surface area contributed by atoms with Gasteiger partial charge in [0.1, 0.15) is 0 Å². The largest absolute Gasteiger partial charge is 0.365 e. The van der Waals surface area contributed by atoms with E-state index in [1.165, 1.54) is 16.1 Å². The fourth-order valence-electron chi connectivity index (χ4n) is 2.08. The van der Waals surface area contributed by atoms with Crippen LogP contribution < -0.4 is 10.6 Å². The van der Waals surface area contributed by atoms with Crippen molar-refractivity contribution in [3.8, 4) is 0 Å². The topological polar surface area (TPSA) is 29.3 Å². The third kappa shape index (κ3) is 2.17. The molecular formula is C12H17ClN2S. The molecule has 16 heavy (non-hydrogen) atoms. The lowest BCUT2D eigenvalue weighted by Crippen LogP contribution is -2.41. The number of benzene rings is 1. The summed E-state index contributed by atoms with van der Waals surface area (Å²) in [6.45, 7) is 5.84. The Morgan fingerprint density at radius 3 is 3.00 bits per heavy atom. The second kappa shape index (κ2) is 4.86. The molecule has 2 nitrogen and oxygen atoms in total. The predicted molar refractivity (Wildman–Crippen MR) is 72.8 cm³/mol. The normalized spacial score (nSPS) is 19.8. The van der Waals surface area contributed by atoms with Crippen LogP contribution in [0.25, 0.3) is 0 Å². The van der Waals surface area contributed by atoms with Crippen molar-refractivity contribution < 1.29 is 0 Å². The Kier molecular flexibility index (Phi) is 3.67. The summed E-state index contributed by atoms with van der Waals surface area (Å²) in [5.74, 6) is 1.10. The van der Waals surface area contributed by atoms with Crippen LogP contribution in [0.3, 0.4) is 0 Å². The van der Waals surface area contributed by atoms with Crippen molar-refractivity contribution in [1.82, 2.24) is 0 Å². The highest BCUT2D eigenvalue weighted by Crippen LogP contribution is 2.42. The summed E-state index contributed by atoms with van der Waals surface area (Å²) in [7, 11) is 0. The molecule has 1 aliphatic rings. The smallest absolute Gasteiger partial charge is 0.0697 e. The van der Waals surface area contributed by atoms with E-state index < -0.39 is 0 Å². The van der Waals surface area contributed by atoms with Crippen molar-refractivity contribution in [2.45, 2.75) is 24.8 Å². The summed E-state index contributed by atoms with van der Waals surface area (Å²) >= 11 is 8.24. The maximum Gasteiger partial charge on any atom is 0.0697 e. The highest BCUT2D eigenvalue weighted by Gasteiger charge is 2.25. The Bertz CT molecular complexity index is 395. The van der Waals surface area contributed by atoms with Crippen molar-refractivity contribution >= 4 is 29.1 Å². The first-order valence-corrected chi connectivity index (χ1v) is 6.89. The molecule has 4 heteroatoms. The molecular weight excluding hydrogens is 240 g/mol. The molecule has 1 unspecified atom stereocenters. The van der Waals surface area contributed by atoms with E-state index in [-0.39, 0.29) is 0 Å². The maximum absolute atomic E-state index is 6.35. The molecule has 1 heterocycles. The van der Waals surface area contributed by atoms with E-state index in [4.69, 9.17) is 17.3 Å².